The molecule has 1 aromatic carbocycles. The fraction of sp³-hybridized carbons (Fsp3) is 0. The van der Waals surface area contributed by atoms with Crippen molar-refractivity contribution in [2.45, 2.75) is 0 Å². The van der Waals surface area contributed by atoms with Crippen molar-refractivity contribution in [3.8, 4) is 11.1 Å². The van der Waals surface area contributed by atoms with Gasteiger partial charge in [0.1, 0.15) is 5.58 Å². The number of anilines is 1. The van der Waals surface area contributed by atoms with Crippen molar-refractivity contribution >= 4 is 16.9 Å². The highest BCUT2D eigenvalue weighted by molar-refractivity contribution is 5.95. The van der Waals surface area contributed by atoms with Crippen LogP contribution in [0.1, 0.15) is 0 Å². The molecule has 0 saturated heterocycles. The molecule has 0 atom stereocenters. The average molecular weight is 200 g/mol. The normalized spacial score (nSPS) is 10.9. The number of rotatable bonds is 1. The number of nitrogens with zero attached hydrogens (tertiary/aromatic N) is 1. The van der Waals surface area contributed by atoms with Crippen molar-refractivity contribution in [1.82, 2.24) is 5.16 Å². The van der Waals surface area contributed by atoms with Crippen LogP contribution in [0.4, 0.5) is 5.88 Å². The summed E-state index contributed by atoms with van der Waals surface area (Å²) < 4.78 is 10.1. The van der Waals surface area contributed by atoms with E-state index in [1.165, 1.54) is 0 Å². The van der Waals surface area contributed by atoms with Crippen LogP contribution in [0.25, 0.3) is 22.1 Å². The molecular formula is C11H8N2O2. The average Bonchev–Trinajstić information content (AvgIpc) is 2.85. The van der Waals surface area contributed by atoms with Gasteiger partial charge in [-0.2, -0.15) is 0 Å². The Morgan fingerprint density at radius 1 is 1.13 bits per heavy atom. The van der Waals surface area contributed by atoms with Gasteiger partial charge in [0.25, 0.3) is 0 Å². The molecule has 0 fully saturated rings. The van der Waals surface area contributed by atoms with Crippen molar-refractivity contribution in [3.05, 3.63) is 36.7 Å². The molecule has 2 heterocycles. The summed E-state index contributed by atoms with van der Waals surface area (Å²) in [7, 11) is 0. The highest BCUT2D eigenvalue weighted by Crippen LogP contribution is 2.32. The van der Waals surface area contributed by atoms with Crippen LogP contribution in [0, 0.1) is 0 Å². The van der Waals surface area contributed by atoms with Crippen LogP contribution in [0.3, 0.4) is 0 Å². The maximum atomic E-state index is 5.67. The van der Waals surface area contributed by atoms with Crippen molar-refractivity contribution in [1.29, 1.82) is 0 Å². The number of fused-ring (bicyclic) bond motifs is 1. The summed E-state index contributed by atoms with van der Waals surface area (Å²) in [6.07, 6.45) is 3.26. The number of nitrogens with two attached hydrogens (primary N) is 1. The van der Waals surface area contributed by atoms with E-state index in [1.807, 2.05) is 24.3 Å². The predicted molar refractivity (Wildman–Crippen MR) is 56.1 cm³/mol. The molecule has 0 aliphatic rings. The Morgan fingerprint density at radius 3 is 2.87 bits per heavy atom. The number of hydrogen-bond donors (Lipinski definition) is 1. The van der Waals surface area contributed by atoms with E-state index in [4.69, 9.17) is 14.7 Å². The predicted octanol–water partition coefficient (Wildman–Crippen LogP) is 2.67. The molecule has 15 heavy (non-hydrogen) atoms. The van der Waals surface area contributed by atoms with Crippen LogP contribution < -0.4 is 5.73 Å². The zero-order chi connectivity index (χ0) is 10.3. The number of benzene rings is 1. The van der Waals surface area contributed by atoms with Crippen LogP contribution in [-0.2, 0) is 0 Å². The van der Waals surface area contributed by atoms with Gasteiger partial charge in [-0.1, -0.05) is 17.3 Å². The van der Waals surface area contributed by atoms with Crippen LogP contribution in [-0.4, -0.2) is 5.16 Å². The molecule has 0 unspecified atom stereocenters. The van der Waals surface area contributed by atoms with Gasteiger partial charge in [0.15, 0.2) is 0 Å². The first-order chi connectivity index (χ1) is 7.36. The van der Waals surface area contributed by atoms with Crippen LogP contribution in [0.15, 0.2) is 45.7 Å². The third-order valence-electron chi connectivity index (χ3n) is 2.38. The second-order valence-electron chi connectivity index (χ2n) is 3.24. The standard InChI is InChI=1S/C11H8N2O2/c12-11-9(6-13-15-11)7-2-1-3-10-8(7)4-5-14-10/h1-6H,12H2. The zero-order valence-electron chi connectivity index (χ0n) is 7.81. The molecule has 3 aromatic rings. The second-order valence-corrected chi connectivity index (χ2v) is 3.24. The lowest BCUT2D eigenvalue weighted by atomic mass is 10.0. The largest absolute Gasteiger partial charge is 0.464 e. The highest BCUT2D eigenvalue weighted by atomic mass is 16.5. The number of aromatic nitrogens is 1. The van der Waals surface area contributed by atoms with E-state index in [9.17, 15) is 0 Å². The summed E-state index contributed by atoms with van der Waals surface area (Å²) in [5.74, 6) is 0.323. The van der Waals surface area contributed by atoms with Crippen LogP contribution in [0.2, 0.25) is 0 Å². The molecule has 3 rings (SSSR count). The Morgan fingerprint density at radius 2 is 2.07 bits per heavy atom. The molecule has 4 heteroatoms. The van der Waals surface area contributed by atoms with E-state index in [0.717, 1.165) is 22.1 Å². The number of furan rings is 1. The highest BCUT2D eigenvalue weighted by Gasteiger charge is 2.11. The second kappa shape index (κ2) is 2.88. The molecule has 2 N–H and O–H groups in total. The summed E-state index contributed by atoms with van der Waals surface area (Å²) in [5.41, 5.74) is 8.27. The lowest BCUT2D eigenvalue weighted by molar-refractivity contribution is 0.436. The summed E-state index contributed by atoms with van der Waals surface area (Å²) in [5, 5.41) is 4.67. The minimum atomic E-state index is 0.323. The van der Waals surface area contributed by atoms with E-state index in [2.05, 4.69) is 5.16 Å². The Labute approximate surface area is 85.3 Å². The molecule has 4 nitrogen and oxygen atoms in total. The smallest absolute Gasteiger partial charge is 0.229 e. The van der Waals surface area contributed by atoms with Gasteiger partial charge in [-0.25, -0.2) is 0 Å². The lowest BCUT2D eigenvalue weighted by Crippen LogP contribution is -1.84. The van der Waals surface area contributed by atoms with Crippen molar-refractivity contribution in [2.24, 2.45) is 0 Å². The summed E-state index contributed by atoms with van der Waals surface area (Å²) in [6, 6.07) is 7.67. The van der Waals surface area contributed by atoms with Crippen LogP contribution >= 0.6 is 0 Å². The van der Waals surface area contributed by atoms with Gasteiger partial charge < -0.3 is 14.7 Å². The molecule has 0 aliphatic heterocycles. The molecule has 0 spiro atoms. The van der Waals surface area contributed by atoms with E-state index < -0.39 is 0 Å². The van der Waals surface area contributed by atoms with Crippen molar-refractivity contribution in [2.75, 3.05) is 5.73 Å². The van der Waals surface area contributed by atoms with Gasteiger partial charge in [0, 0.05) is 5.39 Å². The van der Waals surface area contributed by atoms with E-state index in [0.29, 0.717) is 5.88 Å². The van der Waals surface area contributed by atoms with Crippen molar-refractivity contribution < 1.29 is 8.94 Å². The molecule has 0 amide bonds. The fourth-order valence-electron chi connectivity index (χ4n) is 1.68. The minimum absolute atomic E-state index is 0.323. The van der Waals surface area contributed by atoms with Gasteiger partial charge in [-0.3, -0.25) is 0 Å². The zero-order valence-corrected chi connectivity index (χ0v) is 7.81. The molecule has 0 saturated carbocycles. The summed E-state index contributed by atoms with van der Waals surface area (Å²) in [6.45, 7) is 0. The van der Waals surface area contributed by atoms with E-state index in [-0.39, 0.29) is 0 Å². The van der Waals surface area contributed by atoms with Gasteiger partial charge in [0.05, 0.1) is 18.0 Å². The molecule has 0 radical (unpaired) electrons. The SMILES string of the molecule is Nc1oncc1-c1cccc2occc12. The topological polar surface area (TPSA) is 65.2 Å². The van der Waals surface area contributed by atoms with Gasteiger partial charge in [-0.05, 0) is 17.7 Å². The molecule has 0 aliphatic carbocycles. The lowest BCUT2D eigenvalue weighted by Gasteiger charge is -1.98. The Balaban J connectivity index is 2.36. The molecular weight excluding hydrogens is 192 g/mol. The molecule has 2 aromatic heterocycles. The van der Waals surface area contributed by atoms with Gasteiger partial charge in [-0.15, -0.1) is 0 Å². The quantitative estimate of drug-likeness (QED) is 0.655. The van der Waals surface area contributed by atoms with Crippen LogP contribution in [0.5, 0.6) is 0 Å². The maximum Gasteiger partial charge on any atom is 0.229 e. The minimum Gasteiger partial charge on any atom is -0.464 e. The summed E-state index contributed by atoms with van der Waals surface area (Å²) >= 11 is 0. The third kappa shape index (κ3) is 1.11. The van der Waals surface area contributed by atoms with Crippen molar-refractivity contribution in [3.63, 3.8) is 0 Å². The maximum absolute atomic E-state index is 5.67. The first-order valence-corrected chi connectivity index (χ1v) is 4.53. The number of nitrogen functional groups attached to an aromatic ring is 1. The summed E-state index contributed by atoms with van der Waals surface area (Å²) in [4.78, 5) is 0. The van der Waals surface area contributed by atoms with E-state index in [1.54, 1.807) is 12.5 Å². The van der Waals surface area contributed by atoms with Gasteiger partial charge >= 0.3 is 0 Å². The monoisotopic (exact) mass is 200 g/mol. The fourth-order valence-corrected chi connectivity index (χ4v) is 1.68. The first-order valence-electron chi connectivity index (χ1n) is 4.53. The third-order valence-corrected chi connectivity index (χ3v) is 2.38. The Bertz CT molecular complexity index is 610. The Hall–Kier alpha value is -2.23. The molecule has 0 bridgehead atoms. The Kier molecular flexibility index (Phi) is 1.56. The van der Waals surface area contributed by atoms with E-state index >= 15 is 0 Å². The van der Waals surface area contributed by atoms with Gasteiger partial charge in [0.2, 0.25) is 5.88 Å². The molecule has 74 valence electrons. The first kappa shape index (κ1) is 8.11. The number of hydrogen-bond acceptors (Lipinski definition) is 4.